The van der Waals surface area contributed by atoms with Gasteiger partial charge in [0.15, 0.2) is 0 Å². The van der Waals surface area contributed by atoms with E-state index in [9.17, 15) is 14.9 Å². The number of rotatable bonds is 5. The highest BCUT2D eigenvalue weighted by molar-refractivity contribution is 9.10. The number of benzene rings is 1. The molecule has 0 heterocycles. The van der Waals surface area contributed by atoms with Crippen LogP contribution in [0, 0.1) is 10.1 Å². The minimum absolute atomic E-state index is 0.0951. The van der Waals surface area contributed by atoms with Crippen molar-refractivity contribution in [3.8, 4) is 5.75 Å². The van der Waals surface area contributed by atoms with Crippen LogP contribution >= 0.6 is 15.9 Å². The lowest BCUT2D eigenvalue weighted by Crippen LogP contribution is -2.45. The van der Waals surface area contributed by atoms with Crippen LogP contribution in [-0.2, 0) is 4.79 Å². The van der Waals surface area contributed by atoms with Crippen molar-refractivity contribution in [3.05, 3.63) is 32.8 Å². The zero-order chi connectivity index (χ0) is 14.0. The Morgan fingerprint density at radius 1 is 1.53 bits per heavy atom. The fourth-order valence-electron chi connectivity index (χ4n) is 2.11. The van der Waals surface area contributed by atoms with Gasteiger partial charge in [0.05, 0.1) is 11.3 Å². The Hall–Kier alpha value is -1.63. The van der Waals surface area contributed by atoms with Crippen LogP contribution in [0.5, 0.6) is 5.75 Å². The topological polar surface area (TPSA) is 89.7 Å². The van der Waals surface area contributed by atoms with E-state index in [0.717, 1.165) is 6.42 Å². The summed E-state index contributed by atoms with van der Waals surface area (Å²) in [5, 5.41) is 19.7. The van der Waals surface area contributed by atoms with Crippen molar-refractivity contribution in [3.63, 3.8) is 0 Å². The monoisotopic (exact) mass is 329 g/mol. The molecule has 0 aliphatic heterocycles. The molecule has 1 fully saturated rings. The molecule has 1 aliphatic rings. The zero-order valence-corrected chi connectivity index (χ0v) is 11.6. The first-order valence-corrected chi connectivity index (χ1v) is 6.56. The van der Waals surface area contributed by atoms with Gasteiger partial charge in [-0.25, -0.2) is 0 Å². The Balaban J connectivity index is 2.25. The third-order valence-corrected chi connectivity index (χ3v) is 4.00. The number of aliphatic carboxylic acids is 1. The van der Waals surface area contributed by atoms with Gasteiger partial charge in [-0.1, -0.05) is 6.07 Å². The lowest BCUT2D eigenvalue weighted by Gasteiger charge is -2.40. The number of hydrogen-bond acceptors (Lipinski definition) is 4. The minimum Gasteiger partial charge on any atom is -0.485 e. The van der Waals surface area contributed by atoms with Crippen molar-refractivity contribution < 1.29 is 19.6 Å². The molecule has 0 bridgehead atoms. The standard InChI is InChI=1S/C12H12BrNO5/c13-11-8(14(17)18)3-1-4-9(11)19-12(5-2-6-12)7-10(15)16/h1,3-4H,2,5-7H2,(H,15,16). The molecule has 0 aromatic heterocycles. The van der Waals surface area contributed by atoms with Crippen LogP contribution in [0.25, 0.3) is 0 Å². The van der Waals surface area contributed by atoms with E-state index in [0.29, 0.717) is 18.6 Å². The zero-order valence-electron chi connectivity index (χ0n) is 9.97. The van der Waals surface area contributed by atoms with Crippen LogP contribution in [-0.4, -0.2) is 21.6 Å². The third kappa shape index (κ3) is 2.86. The average Bonchev–Trinajstić information content (AvgIpc) is 2.27. The maximum absolute atomic E-state index is 10.9. The summed E-state index contributed by atoms with van der Waals surface area (Å²) < 4.78 is 5.99. The molecule has 0 atom stereocenters. The van der Waals surface area contributed by atoms with Crippen LogP contribution < -0.4 is 4.74 Å². The maximum atomic E-state index is 10.9. The molecule has 0 unspecified atom stereocenters. The second-order valence-corrected chi connectivity index (χ2v) is 5.35. The van der Waals surface area contributed by atoms with E-state index >= 15 is 0 Å². The highest BCUT2D eigenvalue weighted by atomic mass is 79.9. The van der Waals surface area contributed by atoms with Gasteiger partial charge in [-0.3, -0.25) is 14.9 Å². The maximum Gasteiger partial charge on any atom is 0.307 e. The summed E-state index contributed by atoms with van der Waals surface area (Å²) in [5.74, 6) is -0.614. The second-order valence-electron chi connectivity index (χ2n) is 4.56. The van der Waals surface area contributed by atoms with Crippen molar-refractivity contribution in [2.24, 2.45) is 0 Å². The van der Waals surface area contributed by atoms with Gasteiger partial charge in [0.1, 0.15) is 15.8 Å². The molecule has 7 heteroatoms. The highest BCUT2D eigenvalue weighted by Crippen LogP contribution is 2.43. The van der Waals surface area contributed by atoms with Crippen LogP contribution in [0.3, 0.4) is 0 Å². The molecule has 0 amide bonds. The van der Waals surface area contributed by atoms with Crippen molar-refractivity contribution in [1.29, 1.82) is 0 Å². The van der Waals surface area contributed by atoms with E-state index in [4.69, 9.17) is 9.84 Å². The molecular weight excluding hydrogens is 318 g/mol. The van der Waals surface area contributed by atoms with Crippen LogP contribution in [0.1, 0.15) is 25.7 Å². The van der Waals surface area contributed by atoms with Crippen molar-refractivity contribution >= 4 is 27.6 Å². The molecule has 6 nitrogen and oxygen atoms in total. The Bertz CT molecular complexity index is 527. The third-order valence-electron chi connectivity index (χ3n) is 3.20. The van der Waals surface area contributed by atoms with Gasteiger partial charge in [-0.05, 0) is 41.3 Å². The summed E-state index contributed by atoms with van der Waals surface area (Å²) in [7, 11) is 0. The summed E-state index contributed by atoms with van der Waals surface area (Å²) in [6.45, 7) is 0. The number of carbonyl (C=O) groups is 1. The predicted octanol–water partition coefficient (Wildman–Crippen LogP) is 3.13. The first-order chi connectivity index (χ1) is 8.93. The lowest BCUT2D eigenvalue weighted by atomic mass is 9.77. The highest BCUT2D eigenvalue weighted by Gasteiger charge is 2.42. The van der Waals surface area contributed by atoms with Crippen molar-refractivity contribution in [2.45, 2.75) is 31.3 Å². The molecule has 102 valence electrons. The average molecular weight is 330 g/mol. The van der Waals surface area contributed by atoms with Gasteiger partial charge in [0.2, 0.25) is 0 Å². The quantitative estimate of drug-likeness (QED) is 0.662. The van der Waals surface area contributed by atoms with Gasteiger partial charge < -0.3 is 9.84 Å². The molecule has 19 heavy (non-hydrogen) atoms. The summed E-state index contributed by atoms with van der Waals surface area (Å²) >= 11 is 3.14. The summed E-state index contributed by atoms with van der Waals surface area (Å²) in [6.07, 6.45) is 2.10. The Morgan fingerprint density at radius 2 is 2.21 bits per heavy atom. The minimum atomic E-state index is -0.929. The van der Waals surface area contributed by atoms with Crippen LogP contribution in [0.4, 0.5) is 5.69 Å². The number of ether oxygens (including phenoxy) is 1. The molecule has 0 spiro atoms. The molecule has 1 aliphatic carbocycles. The smallest absolute Gasteiger partial charge is 0.307 e. The number of halogens is 1. The SMILES string of the molecule is O=C(O)CC1(Oc2cccc([N+](=O)[O-])c2Br)CCC1. The van der Waals surface area contributed by atoms with Gasteiger partial charge in [0, 0.05) is 6.07 Å². The van der Waals surface area contributed by atoms with Crippen molar-refractivity contribution in [1.82, 2.24) is 0 Å². The van der Waals surface area contributed by atoms with Crippen LogP contribution in [0.15, 0.2) is 22.7 Å². The van der Waals surface area contributed by atoms with E-state index in [1.54, 1.807) is 6.07 Å². The first-order valence-electron chi connectivity index (χ1n) is 5.77. The number of hydrogen-bond donors (Lipinski definition) is 1. The van der Waals surface area contributed by atoms with Crippen LogP contribution in [0.2, 0.25) is 0 Å². The summed E-state index contributed by atoms with van der Waals surface area (Å²) in [6, 6.07) is 4.48. The van der Waals surface area contributed by atoms with E-state index < -0.39 is 16.5 Å². The number of nitro benzene ring substituents is 1. The van der Waals surface area contributed by atoms with Gasteiger partial charge in [0.25, 0.3) is 5.69 Å². The molecular formula is C12H12BrNO5. The molecule has 1 aromatic carbocycles. The number of carboxylic acid groups (broad SMARTS) is 1. The van der Waals surface area contributed by atoms with Gasteiger partial charge >= 0.3 is 5.97 Å². The summed E-state index contributed by atoms with van der Waals surface area (Å²) in [5.41, 5.74) is -0.828. The fourth-order valence-corrected chi connectivity index (χ4v) is 2.60. The molecule has 1 aromatic rings. The van der Waals surface area contributed by atoms with E-state index in [1.807, 2.05) is 0 Å². The Kier molecular flexibility index (Phi) is 3.75. The van der Waals surface area contributed by atoms with Gasteiger partial charge in [-0.2, -0.15) is 0 Å². The molecule has 1 N–H and O–H groups in total. The Morgan fingerprint density at radius 3 is 2.68 bits per heavy atom. The largest absolute Gasteiger partial charge is 0.485 e. The van der Waals surface area contributed by atoms with E-state index in [-0.39, 0.29) is 16.6 Å². The number of nitro groups is 1. The van der Waals surface area contributed by atoms with E-state index in [2.05, 4.69) is 15.9 Å². The normalized spacial score (nSPS) is 16.5. The number of nitrogens with zero attached hydrogens (tertiary/aromatic N) is 1. The van der Waals surface area contributed by atoms with E-state index in [1.165, 1.54) is 12.1 Å². The van der Waals surface area contributed by atoms with Gasteiger partial charge in [-0.15, -0.1) is 0 Å². The molecule has 1 saturated carbocycles. The predicted molar refractivity (Wildman–Crippen MR) is 70.3 cm³/mol. The molecule has 2 rings (SSSR count). The number of carboxylic acids is 1. The Labute approximate surface area is 117 Å². The summed E-state index contributed by atoms with van der Waals surface area (Å²) in [4.78, 5) is 21.2. The molecule has 0 saturated heterocycles. The lowest BCUT2D eigenvalue weighted by molar-refractivity contribution is -0.385. The first kappa shape index (κ1) is 13.8. The van der Waals surface area contributed by atoms with Crippen molar-refractivity contribution in [2.75, 3.05) is 0 Å². The fraction of sp³-hybridized carbons (Fsp3) is 0.417. The second kappa shape index (κ2) is 5.16. The molecule has 0 radical (unpaired) electrons.